The van der Waals surface area contributed by atoms with Crippen molar-refractivity contribution in [2.45, 2.75) is 13.8 Å². The number of rotatable bonds is 3. The minimum absolute atomic E-state index is 0.189. The molecule has 0 aliphatic carbocycles. The second-order valence-electron chi connectivity index (χ2n) is 2.87. The van der Waals surface area contributed by atoms with Crippen LogP contribution >= 0.6 is 11.9 Å². The number of carbonyl (C=O) groups is 2. The normalized spacial score (nSPS) is 9.64. The first-order valence-corrected chi connectivity index (χ1v) is 4.32. The zero-order chi connectivity index (χ0) is 10.7. The molecule has 0 bridgehead atoms. The zero-order valence-electron chi connectivity index (χ0n) is 7.83. The van der Waals surface area contributed by atoms with E-state index in [9.17, 15) is 9.59 Å². The maximum absolute atomic E-state index is 11.3. The molecule has 1 aromatic rings. The average molecular weight is 213 g/mol. The Morgan fingerprint density at radius 1 is 1.21 bits per heavy atom. The van der Waals surface area contributed by atoms with Gasteiger partial charge in [0.1, 0.15) is 11.9 Å². The first-order valence-electron chi connectivity index (χ1n) is 4.01. The molecule has 0 radical (unpaired) electrons. The summed E-state index contributed by atoms with van der Waals surface area (Å²) >= 11 is 5.19. The summed E-state index contributed by atoms with van der Waals surface area (Å²) in [4.78, 5) is 22.4. The number of benzene rings is 1. The number of ketones is 2. The lowest BCUT2D eigenvalue weighted by atomic mass is 10.0. The van der Waals surface area contributed by atoms with Gasteiger partial charge >= 0.3 is 0 Å². The van der Waals surface area contributed by atoms with Gasteiger partial charge in [0.2, 0.25) is 0 Å². The van der Waals surface area contributed by atoms with E-state index < -0.39 is 0 Å². The van der Waals surface area contributed by atoms with Gasteiger partial charge in [0.05, 0.1) is 5.56 Å². The minimum atomic E-state index is -0.244. The molecular weight excluding hydrogens is 204 g/mol. The third-order valence-electron chi connectivity index (χ3n) is 1.84. The van der Waals surface area contributed by atoms with Crippen LogP contribution in [0.25, 0.3) is 0 Å². The molecular formula is C10H9ClO3. The average Bonchev–Trinajstić information content (AvgIpc) is 2.16. The fourth-order valence-electron chi connectivity index (χ4n) is 1.25. The molecule has 0 fully saturated rings. The Balaban J connectivity index is 3.43. The molecule has 1 aromatic carbocycles. The SMILES string of the molecule is CC(=O)c1cccc(OCl)c1C(C)=O. The Morgan fingerprint density at radius 3 is 2.29 bits per heavy atom. The Bertz CT molecular complexity index is 385. The van der Waals surface area contributed by atoms with E-state index in [1.165, 1.54) is 19.9 Å². The topological polar surface area (TPSA) is 43.4 Å². The monoisotopic (exact) mass is 212 g/mol. The van der Waals surface area contributed by atoms with E-state index >= 15 is 0 Å². The summed E-state index contributed by atoms with van der Waals surface area (Å²) in [5, 5.41) is 0. The van der Waals surface area contributed by atoms with Crippen LogP contribution in [0.4, 0.5) is 0 Å². The van der Waals surface area contributed by atoms with Crippen molar-refractivity contribution in [3.05, 3.63) is 29.3 Å². The third-order valence-corrected chi connectivity index (χ3v) is 2.01. The summed E-state index contributed by atoms with van der Waals surface area (Å²) in [7, 11) is 0. The molecule has 0 saturated heterocycles. The molecule has 0 saturated carbocycles. The molecule has 0 aliphatic rings. The first kappa shape index (κ1) is 10.7. The molecule has 4 heteroatoms. The fourth-order valence-corrected chi connectivity index (χ4v) is 1.38. The predicted molar refractivity (Wildman–Crippen MR) is 52.9 cm³/mol. The van der Waals surface area contributed by atoms with Gasteiger partial charge in [-0.1, -0.05) is 12.1 Å². The maximum atomic E-state index is 11.3. The van der Waals surface area contributed by atoms with Crippen LogP contribution in [0.2, 0.25) is 0 Å². The molecule has 74 valence electrons. The fraction of sp³-hybridized carbons (Fsp3) is 0.200. The lowest BCUT2D eigenvalue weighted by Gasteiger charge is -2.06. The van der Waals surface area contributed by atoms with E-state index in [1.807, 2.05) is 0 Å². The Hall–Kier alpha value is -1.35. The Labute approximate surface area is 86.8 Å². The molecule has 0 amide bonds. The first-order chi connectivity index (χ1) is 6.57. The smallest absolute Gasteiger partial charge is 0.164 e. The van der Waals surface area contributed by atoms with Crippen molar-refractivity contribution < 1.29 is 13.9 Å². The molecule has 1 rings (SSSR count). The highest BCUT2D eigenvalue weighted by Gasteiger charge is 2.16. The second kappa shape index (κ2) is 4.24. The van der Waals surface area contributed by atoms with E-state index in [0.717, 1.165) is 0 Å². The highest BCUT2D eigenvalue weighted by molar-refractivity contribution is 6.12. The van der Waals surface area contributed by atoms with Crippen LogP contribution in [0, 0.1) is 0 Å². The Kier molecular flexibility index (Phi) is 3.25. The molecule has 14 heavy (non-hydrogen) atoms. The number of halogens is 1. The largest absolute Gasteiger partial charge is 0.385 e. The van der Waals surface area contributed by atoms with Gasteiger partial charge in [0, 0.05) is 5.56 Å². The van der Waals surface area contributed by atoms with Crippen LogP contribution < -0.4 is 4.29 Å². The predicted octanol–water partition coefficient (Wildman–Crippen LogP) is 2.62. The molecule has 0 spiro atoms. The van der Waals surface area contributed by atoms with Crippen LogP contribution in [-0.2, 0) is 0 Å². The summed E-state index contributed by atoms with van der Waals surface area (Å²) in [6, 6.07) is 4.72. The molecule has 3 nitrogen and oxygen atoms in total. The second-order valence-corrected chi connectivity index (χ2v) is 3.02. The summed E-state index contributed by atoms with van der Waals surface area (Å²) in [6.07, 6.45) is 0. The number of hydrogen-bond donors (Lipinski definition) is 0. The molecule has 0 aromatic heterocycles. The van der Waals surface area contributed by atoms with Crippen molar-refractivity contribution in [1.29, 1.82) is 0 Å². The third kappa shape index (κ3) is 1.93. The Morgan fingerprint density at radius 2 is 1.86 bits per heavy atom. The van der Waals surface area contributed by atoms with Gasteiger partial charge in [-0.05, 0) is 19.9 Å². The molecule has 0 N–H and O–H groups in total. The summed E-state index contributed by atoms with van der Waals surface area (Å²) in [6.45, 7) is 2.75. The van der Waals surface area contributed by atoms with Gasteiger partial charge in [-0.15, -0.1) is 0 Å². The van der Waals surface area contributed by atoms with Gasteiger partial charge in [0.15, 0.2) is 17.3 Å². The van der Waals surface area contributed by atoms with Crippen LogP contribution in [0.1, 0.15) is 34.6 Å². The van der Waals surface area contributed by atoms with Crippen molar-refractivity contribution in [2.24, 2.45) is 0 Å². The van der Waals surface area contributed by atoms with Crippen LogP contribution in [0.3, 0.4) is 0 Å². The van der Waals surface area contributed by atoms with E-state index in [0.29, 0.717) is 5.56 Å². The maximum Gasteiger partial charge on any atom is 0.164 e. The van der Waals surface area contributed by atoms with Crippen LogP contribution in [-0.4, -0.2) is 11.6 Å². The lowest BCUT2D eigenvalue weighted by Crippen LogP contribution is -2.05. The van der Waals surface area contributed by atoms with Gasteiger partial charge in [0.25, 0.3) is 0 Å². The highest BCUT2D eigenvalue weighted by Crippen LogP contribution is 2.24. The van der Waals surface area contributed by atoms with Gasteiger partial charge < -0.3 is 4.29 Å². The van der Waals surface area contributed by atoms with E-state index in [4.69, 9.17) is 11.9 Å². The number of hydrogen-bond acceptors (Lipinski definition) is 3. The molecule has 0 atom stereocenters. The van der Waals surface area contributed by atoms with Crippen LogP contribution in [0.15, 0.2) is 18.2 Å². The molecule has 0 aliphatic heterocycles. The van der Waals surface area contributed by atoms with E-state index in [2.05, 4.69) is 4.29 Å². The van der Waals surface area contributed by atoms with Crippen molar-refractivity contribution in [3.63, 3.8) is 0 Å². The number of Topliss-reactive ketones (excluding diaryl/α,β-unsaturated/α-hetero) is 2. The summed E-state index contributed by atoms with van der Waals surface area (Å²) < 4.78 is 4.50. The standard InChI is InChI=1S/C10H9ClO3/c1-6(12)8-4-3-5-9(14-11)10(8)7(2)13/h3-5H,1-2H3. The van der Waals surface area contributed by atoms with E-state index in [-0.39, 0.29) is 22.9 Å². The van der Waals surface area contributed by atoms with Crippen molar-refractivity contribution in [2.75, 3.05) is 0 Å². The van der Waals surface area contributed by atoms with Crippen molar-refractivity contribution >= 4 is 23.4 Å². The molecule has 0 unspecified atom stereocenters. The summed E-state index contributed by atoms with van der Waals surface area (Å²) in [5.41, 5.74) is 0.561. The lowest BCUT2D eigenvalue weighted by molar-refractivity contribution is 0.0979. The van der Waals surface area contributed by atoms with Gasteiger partial charge in [-0.2, -0.15) is 0 Å². The quantitative estimate of drug-likeness (QED) is 0.724. The van der Waals surface area contributed by atoms with Crippen molar-refractivity contribution in [1.82, 2.24) is 0 Å². The number of carbonyl (C=O) groups excluding carboxylic acids is 2. The minimum Gasteiger partial charge on any atom is -0.385 e. The molecule has 0 heterocycles. The van der Waals surface area contributed by atoms with Crippen molar-refractivity contribution in [3.8, 4) is 5.75 Å². The van der Waals surface area contributed by atoms with Gasteiger partial charge in [-0.25, -0.2) is 0 Å². The van der Waals surface area contributed by atoms with Crippen LogP contribution in [0.5, 0.6) is 5.75 Å². The highest BCUT2D eigenvalue weighted by atomic mass is 35.5. The zero-order valence-corrected chi connectivity index (χ0v) is 8.59. The van der Waals surface area contributed by atoms with Gasteiger partial charge in [-0.3, -0.25) is 9.59 Å². The summed E-state index contributed by atoms with van der Waals surface area (Å²) in [5.74, 6) is -0.218. The van der Waals surface area contributed by atoms with E-state index in [1.54, 1.807) is 12.1 Å².